The molecule has 52 heavy (non-hydrogen) atoms. The average Bonchev–Trinajstić information content (AvgIpc) is 3.94. The molecule has 5 rings (SSSR count). The SMILES string of the molecule is BC(C)(CC(O)COc1ccc(C(C)(C)c2ccc(OC(C)(C)CCOC)cc2)cc1)Oc1ccc(C(C)(C)c2ccc(OCC3CO3)cc2)cc1. The molecule has 0 aromatic heterocycles. The van der Waals surface area contributed by atoms with Gasteiger partial charge in [0, 0.05) is 37.4 Å². The van der Waals surface area contributed by atoms with Crippen LogP contribution in [0.4, 0.5) is 0 Å². The molecule has 278 valence electrons. The Morgan fingerprint density at radius 2 is 1.06 bits per heavy atom. The summed E-state index contributed by atoms with van der Waals surface area (Å²) in [7, 11) is 3.70. The highest BCUT2D eigenvalue weighted by molar-refractivity contribution is 6.14. The first kappa shape index (κ1) is 39.2. The van der Waals surface area contributed by atoms with E-state index in [0.29, 0.717) is 25.4 Å². The molecule has 3 atom stereocenters. The second kappa shape index (κ2) is 16.4. The maximum absolute atomic E-state index is 10.9. The van der Waals surface area contributed by atoms with Crippen LogP contribution in [0.5, 0.6) is 23.0 Å². The molecule has 0 bridgehead atoms. The van der Waals surface area contributed by atoms with Crippen LogP contribution in [0.3, 0.4) is 0 Å². The van der Waals surface area contributed by atoms with Crippen molar-refractivity contribution in [2.75, 3.05) is 33.5 Å². The van der Waals surface area contributed by atoms with Crippen molar-refractivity contribution in [1.29, 1.82) is 0 Å². The molecule has 0 saturated carbocycles. The molecule has 3 unspecified atom stereocenters. The Kier molecular flexibility index (Phi) is 12.3. The first-order valence-electron chi connectivity index (χ1n) is 18.4. The molecule has 0 spiro atoms. The number of hydrogen-bond donors (Lipinski definition) is 1. The maximum Gasteiger partial charge on any atom is 0.158 e. The predicted octanol–water partition coefficient (Wildman–Crippen LogP) is 7.87. The lowest BCUT2D eigenvalue weighted by Gasteiger charge is -2.30. The normalized spacial score (nSPS) is 16.4. The number of epoxide rings is 1. The molecule has 0 amide bonds. The van der Waals surface area contributed by atoms with Gasteiger partial charge < -0.3 is 33.5 Å². The molecule has 0 aliphatic carbocycles. The minimum atomic E-state index is -0.701. The van der Waals surface area contributed by atoms with Crippen molar-refractivity contribution in [3.8, 4) is 23.0 Å². The van der Waals surface area contributed by atoms with Crippen molar-refractivity contribution in [3.63, 3.8) is 0 Å². The second-order valence-corrected chi connectivity index (χ2v) is 16.2. The van der Waals surface area contributed by atoms with Crippen LogP contribution >= 0.6 is 0 Å². The van der Waals surface area contributed by atoms with E-state index < -0.39 is 11.6 Å². The van der Waals surface area contributed by atoms with Gasteiger partial charge in [-0.15, -0.1) is 0 Å². The molecule has 1 fully saturated rings. The maximum atomic E-state index is 10.9. The summed E-state index contributed by atoms with van der Waals surface area (Å²) in [6, 6.07) is 33.0. The fourth-order valence-electron chi connectivity index (χ4n) is 6.40. The molecule has 1 saturated heterocycles. The molecule has 1 aliphatic rings. The van der Waals surface area contributed by atoms with E-state index in [9.17, 15) is 5.11 Å². The molecule has 7 nitrogen and oxygen atoms in total. The predicted molar refractivity (Wildman–Crippen MR) is 210 cm³/mol. The summed E-state index contributed by atoms with van der Waals surface area (Å²) < 4.78 is 34.8. The van der Waals surface area contributed by atoms with Gasteiger partial charge in [0.25, 0.3) is 0 Å². The Bertz CT molecular complexity index is 1690. The summed E-state index contributed by atoms with van der Waals surface area (Å²) in [6.45, 7) is 17.2. The van der Waals surface area contributed by atoms with Gasteiger partial charge in [-0.05, 0) is 91.6 Å². The van der Waals surface area contributed by atoms with Crippen molar-refractivity contribution >= 4 is 7.85 Å². The highest BCUT2D eigenvalue weighted by Gasteiger charge is 2.28. The third-order valence-corrected chi connectivity index (χ3v) is 10.0. The van der Waals surface area contributed by atoms with Gasteiger partial charge in [-0.1, -0.05) is 76.2 Å². The quantitative estimate of drug-likeness (QED) is 0.0785. The Balaban J connectivity index is 1.09. The van der Waals surface area contributed by atoms with Crippen molar-refractivity contribution in [1.82, 2.24) is 0 Å². The first-order valence-corrected chi connectivity index (χ1v) is 18.4. The van der Waals surface area contributed by atoms with E-state index in [1.807, 2.05) is 63.3 Å². The zero-order valence-corrected chi connectivity index (χ0v) is 32.5. The van der Waals surface area contributed by atoms with Crippen LogP contribution in [0.2, 0.25) is 0 Å². The smallest absolute Gasteiger partial charge is 0.158 e. The first-order chi connectivity index (χ1) is 24.6. The molecular formula is C44H57BO7. The van der Waals surface area contributed by atoms with Crippen LogP contribution in [-0.4, -0.2) is 69.8 Å². The van der Waals surface area contributed by atoms with Gasteiger partial charge in [0.15, 0.2) is 7.85 Å². The van der Waals surface area contributed by atoms with Crippen LogP contribution in [0.25, 0.3) is 0 Å². The fraction of sp³-hybridized carbons (Fsp3) is 0.455. The minimum Gasteiger partial charge on any atom is -0.497 e. The third-order valence-electron chi connectivity index (χ3n) is 10.0. The van der Waals surface area contributed by atoms with Crippen LogP contribution < -0.4 is 18.9 Å². The van der Waals surface area contributed by atoms with Gasteiger partial charge in [-0.2, -0.15) is 0 Å². The highest BCUT2D eigenvalue weighted by Crippen LogP contribution is 2.36. The Labute approximate surface area is 312 Å². The largest absolute Gasteiger partial charge is 0.497 e. The van der Waals surface area contributed by atoms with Gasteiger partial charge in [-0.3, -0.25) is 0 Å². The molecule has 8 heteroatoms. The molecule has 1 aliphatic heterocycles. The molecule has 1 heterocycles. The average molecular weight is 709 g/mol. The van der Waals surface area contributed by atoms with Gasteiger partial charge in [0.2, 0.25) is 0 Å². The summed E-state index contributed by atoms with van der Waals surface area (Å²) >= 11 is 0. The summed E-state index contributed by atoms with van der Waals surface area (Å²) in [6.07, 6.45) is 0.763. The second-order valence-electron chi connectivity index (χ2n) is 16.2. The lowest BCUT2D eigenvalue weighted by Crippen LogP contribution is -2.38. The zero-order chi connectivity index (χ0) is 37.6. The van der Waals surface area contributed by atoms with Gasteiger partial charge in [-0.25, -0.2) is 0 Å². The number of aliphatic hydroxyl groups is 1. The Hall–Kier alpha value is -3.98. The summed E-state index contributed by atoms with van der Waals surface area (Å²) in [4.78, 5) is 0. The zero-order valence-electron chi connectivity index (χ0n) is 32.5. The van der Waals surface area contributed by atoms with Gasteiger partial charge >= 0.3 is 0 Å². The Morgan fingerprint density at radius 3 is 1.48 bits per heavy atom. The number of rotatable bonds is 19. The minimum absolute atomic E-state index is 0.170. The summed E-state index contributed by atoms with van der Waals surface area (Å²) in [5.74, 6) is 3.18. The molecule has 4 aromatic carbocycles. The van der Waals surface area contributed by atoms with Crippen LogP contribution in [0.15, 0.2) is 97.1 Å². The van der Waals surface area contributed by atoms with Crippen molar-refractivity contribution in [2.45, 2.75) is 95.4 Å². The number of hydrogen-bond acceptors (Lipinski definition) is 7. The molecule has 0 radical (unpaired) electrons. The summed E-state index contributed by atoms with van der Waals surface area (Å²) in [5, 5.41) is 10.9. The molecule has 1 N–H and O–H groups in total. The van der Waals surface area contributed by atoms with Crippen LogP contribution in [-0.2, 0) is 20.3 Å². The number of benzene rings is 4. The van der Waals surface area contributed by atoms with E-state index in [4.69, 9.17) is 28.4 Å². The van der Waals surface area contributed by atoms with E-state index in [1.165, 1.54) is 22.3 Å². The van der Waals surface area contributed by atoms with Crippen LogP contribution in [0.1, 0.15) is 83.6 Å². The number of aliphatic hydroxyl groups excluding tert-OH is 1. The lowest BCUT2D eigenvalue weighted by atomic mass is 9.77. The van der Waals surface area contributed by atoms with Gasteiger partial charge in [0.1, 0.15) is 47.9 Å². The lowest BCUT2D eigenvalue weighted by molar-refractivity contribution is 0.0478. The third kappa shape index (κ3) is 10.8. The van der Waals surface area contributed by atoms with Crippen molar-refractivity contribution < 1.29 is 33.5 Å². The number of ether oxygens (including phenoxy) is 6. The monoisotopic (exact) mass is 708 g/mol. The molecule has 4 aromatic rings. The molecular weight excluding hydrogens is 651 g/mol. The highest BCUT2D eigenvalue weighted by atomic mass is 16.6. The van der Waals surface area contributed by atoms with Crippen LogP contribution in [0, 0.1) is 0 Å². The van der Waals surface area contributed by atoms with E-state index in [0.717, 1.165) is 30.3 Å². The van der Waals surface area contributed by atoms with Crippen molar-refractivity contribution in [3.05, 3.63) is 119 Å². The fourth-order valence-corrected chi connectivity index (χ4v) is 6.40. The van der Waals surface area contributed by atoms with Gasteiger partial charge in [0.05, 0.1) is 18.2 Å². The van der Waals surface area contributed by atoms with Crippen molar-refractivity contribution in [2.24, 2.45) is 0 Å². The topological polar surface area (TPSA) is 78.9 Å². The van der Waals surface area contributed by atoms with E-state index in [1.54, 1.807) is 7.11 Å². The van der Waals surface area contributed by atoms with E-state index in [-0.39, 0.29) is 29.1 Å². The summed E-state index contributed by atoms with van der Waals surface area (Å²) in [5.41, 5.74) is 3.42. The Morgan fingerprint density at radius 1 is 0.654 bits per heavy atom. The van der Waals surface area contributed by atoms with E-state index in [2.05, 4.69) is 90.1 Å². The van der Waals surface area contributed by atoms with E-state index >= 15 is 0 Å². The standard InChI is InChI=1S/C44H57BO7/c1-41(2,25-26-47-8)51-38-21-13-33(14-22-38)42(3,4)31-9-17-36(18-10-31)48-28-35(46)27-44(7,45)52-39-23-15-34(16-24-39)43(5,6)32-11-19-37(20-12-32)49-29-40-30-50-40/h9-24,35,40,46H,25-30,45H2,1-8H3. The number of methoxy groups -OCH3 is 1.